The molecule has 4 rings (SSSR count). The van der Waals surface area contributed by atoms with Crippen molar-refractivity contribution in [2.75, 3.05) is 7.11 Å². The van der Waals surface area contributed by atoms with Gasteiger partial charge in [0.25, 0.3) is 5.91 Å². The highest BCUT2D eigenvalue weighted by molar-refractivity contribution is 6.00. The van der Waals surface area contributed by atoms with Gasteiger partial charge in [0, 0.05) is 25.9 Å². The fourth-order valence-corrected chi connectivity index (χ4v) is 4.08. The van der Waals surface area contributed by atoms with Crippen LogP contribution in [-0.4, -0.2) is 27.8 Å². The van der Waals surface area contributed by atoms with E-state index in [1.807, 2.05) is 31.3 Å². The number of methoxy groups -OCH3 is 1. The summed E-state index contributed by atoms with van der Waals surface area (Å²) in [6.07, 6.45) is 5.02. The number of amides is 1. The van der Waals surface area contributed by atoms with Crippen molar-refractivity contribution in [3.05, 3.63) is 71.0 Å². The number of nitrogens with zero attached hydrogens (tertiary/aromatic N) is 3. The second-order valence-electron chi connectivity index (χ2n) is 7.24. The predicted octanol–water partition coefficient (Wildman–Crippen LogP) is 3.22. The van der Waals surface area contributed by atoms with E-state index in [1.165, 1.54) is 5.56 Å². The molecule has 1 aromatic carbocycles. The molecule has 2 aromatic heterocycles. The Bertz CT molecular complexity index is 1010. The van der Waals surface area contributed by atoms with Gasteiger partial charge in [0.05, 0.1) is 35.3 Å². The highest BCUT2D eigenvalue weighted by Crippen LogP contribution is 2.38. The molecule has 28 heavy (non-hydrogen) atoms. The fourth-order valence-electron chi connectivity index (χ4n) is 4.08. The number of pyridine rings is 1. The van der Waals surface area contributed by atoms with Gasteiger partial charge in [-0.1, -0.05) is 37.3 Å². The van der Waals surface area contributed by atoms with Crippen molar-refractivity contribution in [1.82, 2.24) is 20.1 Å². The van der Waals surface area contributed by atoms with Crippen LogP contribution in [0.15, 0.2) is 48.8 Å². The van der Waals surface area contributed by atoms with Crippen molar-refractivity contribution < 1.29 is 9.53 Å². The standard InChI is InChI=1S/C22H24N4O2/c1-4-22(11-15-8-6-5-7-9-15)18-10-19(23-13-17(18)21(27)25-22)20-16(14-28-3)12-24-26(20)2/h5-10,12-13H,4,11,14H2,1-3H3,(H,25,27). The monoisotopic (exact) mass is 376 g/mol. The van der Waals surface area contributed by atoms with Crippen LogP contribution in [0.25, 0.3) is 11.4 Å². The lowest BCUT2D eigenvalue weighted by Crippen LogP contribution is -2.40. The number of carbonyl (C=O) groups excluding carboxylic acids is 1. The summed E-state index contributed by atoms with van der Waals surface area (Å²) in [4.78, 5) is 17.3. The van der Waals surface area contributed by atoms with Crippen LogP contribution in [0.1, 0.15) is 40.4 Å². The third kappa shape index (κ3) is 2.99. The summed E-state index contributed by atoms with van der Waals surface area (Å²) >= 11 is 0. The number of fused-ring (bicyclic) bond motifs is 1. The quantitative estimate of drug-likeness (QED) is 0.717. The normalized spacial score (nSPS) is 18.2. The molecule has 0 fully saturated rings. The third-order valence-corrected chi connectivity index (χ3v) is 5.53. The van der Waals surface area contributed by atoms with E-state index in [1.54, 1.807) is 24.2 Å². The molecule has 0 saturated heterocycles. The number of aryl methyl sites for hydroxylation is 1. The van der Waals surface area contributed by atoms with E-state index in [2.05, 4.69) is 34.5 Å². The molecule has 0 aliphatic carbocycles. The van der Waals surface area contributed by atoms with Gasteiger partial charge >= 0.3 is 0 Å². The molecule has 0 radical (unpaired) electrons. The average molecular weight is 376 g/mol. The Labute approximate surface area is 164 Å². The van der Waals surface area contributed by atoms with Crippen LogP contribution < -0.4 is 5.32 Å². The van der Waals surface area contributed by atoms with Gasteiger partial charge < -0.3 is 10.1 Å². The molecule has 1 atom stereocenters. The zero-order chi connectivity index (χ0) is 19.7. The van der Waals surface area contributed by atoms with E-state index in [4.69, 9.17) is 4.74 Å². The molecule has 3 aromatic rings. The largest absolute Gasteiger partial charge is 0.380 e. The Morgan fingerprint density at radius 1 is 1.21 bits per heavy atom. The molecule has 0 spiro atoms. The molecule has 1 N–H and O–H groups in total. The number of rotatable bonds is 6. The smallest absolute Gasteiger partial charge is 0.253 e. The average Bonchev–Trinajstić information content (AvgIpc) is 3.20. The van der Waals surface area contributed by atoms with Gasteiger partial charge in [-0.25, -0.2) is 0 Å². The van der Waals surface area contributed by atoms with Crippen molar-refractivity contribution in [3.8, 4) is 11.4 Å². The Morgan fingerprint density at radius 3 is 2.71 bits per heavy atom. The minimum Gasteiger partial charge on any atom is -0.380 e. The van der Waals surface area contributed by atoms with Crippen LogP contribution in [-0.2, 0) is 30.4 Å². The highest BCUT2D eigenvalue weighted by Gasteiger charge is 2.42. The van der Waals surface area contributed by atoms with Gasteiger partial charge in [0.1, 0.15) is 0 Å². The van der Waals surface area contributed by atoms with E-state index < -0.39 is 5.54 Å². The maximum Gasteiger partial charge on any atom is 0.253 e. The lowest BCUT2D eigenvalue weighted by Gasteiger charge is -2.29. The fraction of sp³-hybridized carbons (Fsp3) is 0.318. The first-order chi connectivity index (χ1) is 13.6. The number of benzene rings is 1. The highest BCUT2D eigenvalue weighted by atomic mass is 16.5. The van der Waals surface area contributed by atoms with Crippen LogP contribution >= 0.6 is 0 Å². The number of hydrogen-bond acceptors (Lipinski definition) is 4. The summed E-state index contributed by atoms with van der Waals surface area (Å²) in [5.74, 6) is -0.0612. The van der Waals surface area contributed by atoms with Gasteiger partial charge in [-0.2, -0.15) is 5.10 Å². The topological polar surface area (TPSA) is 69.0 Å². The van der Waals surface area contributed by atoms with Crippen LogP contribution in [0.2, 0.25) is 0 Å². The number of ether oxygens (including phenoxy) is 1. The minimum atomic E-state index is -0.439. The van der Waals surface area contributed by atoms with E-state index in [0.717, 1.165) is 35.4 Å². The van der Waals surface area contributed by atoms with Gasteiger partial charge in [-0.3, -0.25) is 14.5 Å². The van der Waals surface area contributed by atoms with E-state index in [-0.39, 0.29) is 5.91 Å². The molecule has 1 amide bonds. The zero-order valence-corrected chi connectivity index (χ0v) is 16.4. The molecule has 1 aliphatic heterocycles. The number of aromatic nitrogens is 3. The predicted molar refractivity (Wildman–Crippen MR) is 107 cm³/mol. The third-order valence-electron chi connectivity index (χ3n) is 5.53. The second kappa shape index (κ2) is 7.20. The van der Waals surface area contributed by atoms with Crippen molar-refractivity contribution in [1.29, 1.82) is 0 Å². The molecule has 1 unspecified atom stereocenters. The maximum absolute atomic E-state index is 12.7. The maximum atomic E-state index is 12.7. The molecule has 6 heteroatoms. The second-order valence-corrected chi connectivity index (χ2v) is 7.24. The first kappa shape index (κ1) is 18.4. The summed E-state index contributed by atoms with van der Waals surface area (Å²) in [7, 11) is 3.56. The minimum absolute atomic E-state index is 0.0612. The van der Waals surface area contributed by atoms with Gasteiger partial charge in [-0.05, 0) is 30.0 Å². The van der Waals surface area contributed by atoms with Crippen LogP contribution in [0.5, 0.6) is 0 Å². The molecular formula is C22H24N4O2. The SMILES string of the molecule is CCC1(Cc2ccccc2)NC(=O)c2cnc(-c3c(COC)cnn3C)cc21. The molecular weight excluding hydrogens is 352 g/mol. The Kier molecular flexibility index (Phi) is 4.73. The summed E-state index contributed by atoms with van der Waals surface area (Å²) < 4.78 is 7.11. The summed E-state index contributed by atoms with van der Waals surface area (Å²) in [6.45, 7) is 2.57. The van der Waals surface area contributed by atoms with E-state index >= 15 is 0 Å². The summed E-state index contributed by atoms with van der Waals surface area (Å²) in [5.41, 5.74) is 5.08. The first-order valence-corrected chi connectivity index (χ1v) is 9.45. The molecule has 3 heterocycles. The van der Waals surface area contributed by atoms with Gasteiger partial charge in [-0.15, -0.1) is 0 Å². The molecule has 6 nitrogen and oxygen atoms in total. The van der Waals surface area contributed by atoms with Crippen LogP contribution in [0, 0.1) is 0 Å². The lowest BCUT2D eigenvalue weighted by atomic mass is 9.82. The molecule has 144 valence electrons. The van der Waals surface area contributed by atoms with E-state index in [0.29, 0.717) is 12.2 Å². The van der Waals surface area contributed by atoms with E-state index in [9.17, 15) is 4.79 Å². The van der Waals surface area contributed by atoms with Gasteiger partial charge in [0.15, 0.2) is 0 Å². The number of nitrogens with one attached hydrogen (secondary N) is 1. The molecule has 0 bridgehead atoms. The van der Waals surface area contributed by atoms with Crippen LogP contribution in [0.3, 0.4) is 0 Å². The summed E-state index contributed by atoms with van der Waals surface area (Å²) in [5, 5.41) is 7.59. The Morgan fingerprint density at radius 2 is 2.00 bits per heavy atom. The van der Waals surface area contributed by atoms with Crippen molar-refractivity contribution in [2.45, 2.75) is 31.9 Å². The Balaban J connectivity index is 1.82. The number of hydrogen-bond donors (Lipinski definition) is 1. The summed E-state index contributed by atoms with van der Waals surface area (Å²) in [6, 6.07) is 12.3. The van der Waals surface area contributed by atoms with Crippen molar-refractivity contribution in [3.63, 3.8) is 0 Å². The molecule has 0 saturated carbocycles. The van der Waals surface area contributed by atoms with Crippen molar-refractivity contribution >= 4 is 5.91 Å². The van der Waals surface area contributed by atoms with Gasteiger partial charge in [0.2, 0.25) is 0 Å². The lowest BCUT2D eigenvalue weighted by molar-refractivity contribution is 0.0927. The number of carbonyl (C=O) groups is 1. The Hall–Kier alpha value is -2.99. The first-order valence-electron chi connectivity index (χ1n) is 9.45. The molecule has 1 aliphatic rings. The van der Waals surface area contributed by atoms with Crippen molar-refractivity contribution in [2.24, 2.45) is 7.05 Å². The van der Waals surface area contributed by atoms with Crippen LogP contribution in [0.4, 0.5) is 0 Å². The zero-order valence-electron chi connectivity index (χ0n) is 16.4.